The minimum Gasteiger partial charge on any atom is -0.368 e. The lowest BCUT2D eigenvalue weighted by Gasteiger charge is -2.29. The van der Waals surface area contributed by atoms with Crippen LogP contribution in [0.5, 0.6) is 0 Å². The van der Waals surface area contributed by atoms with Crippen molar-refractivity contribution in [3.8, 4) is 0 Å². The number of benzene rings is 1. The lowest BCUT2D eigenvalue weighted by atomic mass is 9.77. The normalized spacial score (nSPS) is 21.1. The minimum atomic E-state index is -0.586. The van der Waals surface area contributed by atoms with Crippen molar-refractivity contribution in [2.75, 3.05) is 0 Å². The molecule has 0 saturated heterocycles. The molecule has 1 aliphatic carbocycles. The van der Waals surface area contributed by atoms with Crippen LogP contribution in [0, 0.1) is 11.8 Å². The number of aromatic nitrogens is 1. The molecule has 1 aromatic carbocycles. The number of nitrogens with two attached hydrogens (primary N) is 1. The first-order valence-corrected chi connectivity index (χ1v) is 9.88. The van der Waals surface area contributed by atoms with E-state index in [0.717, 1.165) is 31.2 Å². The highest BCUT2D eigenvalue weighted by Gasteiger charge is 2.27. The van der Waals surface area contributed by atoms with E-state index in [-0.39, 0.29) is 11.8 Å². The van der Waals surface area contributed by atoms with E-state index in [4.69, 9.17) is 5.73 Å². The van der Waals surface area contributed by atoms with Gasteiger partial charge < -0.3 is 11.1 Å². The van der Waals surface area contributed by atoms with Gasteiger partial charge in [-0.3, -0.25) is 14.6 Å². The largest absolute Gasteiger partial charge is 0.368 e. The molecular weight excluding hydrogens is 338 g/mol. The Hall–Kier alpha value is -2.43. The van der Waals surface area contributed by atoms with E-state index in [1.807, 2.05) is 26.1 Å². The first kappa shape index (κ1) is 19.3. The third-order valence-electron chi connectivity index (χ3n) is 5.73. The molecule has 3 N–H and O–H groups in total. The molecule has 2 aromatic rings. The molecule has 2 amide bonds. The number of hydrogen-bond donors (Lipinski definition) is 2. The molecule has 0 unspecified atom stereocenters. The van der Waals surface area contributed by atoms with Gasteiger partial charge >= 0.3 is 0 Å². The van der Waals surface area contributed by atoms with Crippen LogP contribution in [0.4, 0.5) is 0 Å². The fourth-order valence-corrected chi connectivity index (χ4v) is 4.21. The Bertz CT molecular complexity index is 805. The SMILES string of the molecule is CC(C)[C@@H](NC(=O)CC1CCC(c2ccnc3ccccc23)CC1)C(N)=O. The molecule has 1 aliphatic rings. The third kappa shape index (κ3) is 4.65. The summed E-state index contributed by atoms with van der Waals surface area (Å²) < 4.78 is 0. The Labute approximate surface area is 160 Å². The number of hydrogen-bond acceptors (Lipinski definition) is 3. The topological polar surface area (TPSA) is 85.1 Å². The molecule has 3 rings (SSSR count). The molecule has 27 heavy (non-hydrogen) atoms. The highest BCUT2D eigenvalue weighted by molar-refractivity contribution is 5.86. The number of pyridine rings is 1. The molecule has 5 nitrogen and oxygen atoms in total. The van der Waals surface area contributed by atoms with Gasteiger partial charge in [-0.1, -0.05) is 32.0 Å². The van der Waals surface area contributed by atoms with Gasteiger partial charge in [-0.25, -0.2) is 0 Å². The van der Waals surface area contributed by atoms with Crippen molar-refractivity contribution in [1.29, 1.82) is 0 Å². The van der Waals surface area contributed by atoms with Crippen LogP contribution in [0.15, 0.2) is 36.5 Å². The Kier molecular flexibility index (Phi) is 6.09. The molecule has 0 bridgehead atoms. The van der Waals surface area contributed by atoms with E-state index in [1.54, 1.807) is 0 Å². The monoisotopic (exact) mass is 367 g/mol. The van der Waals surface area contributed by atoms with Crippen molar-refractivity contribution >= 4 is 22.7 Å². The van der Waals surface area contributed by atoms with Gasteiger partial charge in [-0.05, 0) is 61.1 Å². The molecule has 0 aliphatic heterocycles. The minimum absolute atomic E-state index is 0.00200. The molecule has 1 saturated carbocycles. The quantitative estimate of drug-likeness (QED) is 0.819. The van der Waals surface area contributed by atoms with E-state index in [1.165, 1.54) is 10.9 Å². The number of fused-ring (bicyclic) bond motifs is 1. The van der Waals surface area contributed by atoms with Crippen LogP contribution in [0.1, 0.15) is 57.4 Å². The van der Waals surface area contributed by atoms with E-state index in [2.05, 4.69) is 34.6 Å². The van der Waals surface area contributed by atoms with Crippen LogP contribution in [-0.4, -0.2) is 22.8 Å². The fourth-order valence-electron chi connectivity index (χ4n) is 4.21. The number of nitrogens with one attached hydrogen (secondary N) is 1. The predicted octanol–water partition coefficient (Wildman–Crippen LogP) is 3.52. The summed E-state index contributed by atoms with van der Waals surface area (Å²) in [6.45, 7) is 3.78. The molecule has 1 fully saturated rings. The van der Waals surface area contributed by atoms with Crippen molar-refractivity contribution in [3.05, 3.63) is 42.1 Å². The highest BCUT2D eigenvalue weighted by Crippen LogP contribution is 2.39. The Balaban J connectivity index is 1.57. The first-order valence-electron chi connectivity index (χ1n) is 9.88. The van der Waals surface area contributed by atoms with Gasteiger partial charge in [0.15, 0.2) is 0 Å². The Morgan fingerprint density at radius 1 is 1.15 bits per heavy atom. The predicted molar refractivity (Wildman–Crippen MR) is 107 cm³/mol. The zero-order valence-electron chi connectivity index (χ0n) is 16.2. The molecule has 5 heteroatoms. The standard InChI is InChI=1S/C22H29N3O2/c1-14(2)21(22(23)27)25-20(26)13-15-7-9-16(10-8-15)17-11-12-24-19-6-4-3-5-18(17)19/h3-6,11-12,14-16,21H,7-10,13H2,1-2H3,(H2,23,27)(H,25,26)/t15?,16?,21-/m1/s1. The molecule has 1 heterocycles. The van der Waals surface area contributed by atoms with Crippen LogP contribution in [-0.2, 0) is 9.59 Å². The molecule has 0 radical (unpaired) electrons. The number of para-hydroxylation sites is 1. The second-order valence-corrected chi connectivity index (χ2v) is 8.03. The highest BCUT2D eigenvalue weighted by atomic mass is 16.2. The number of nitrogens with zero attached hydrogens (tertiary/aromatic N) is 1. The van der Waals surface area contributed by atoms with Crippen molar-refractivity contribution < 1.29 is 9.59 Å². The van der Waals surface area contributed by atoms with E-state index in [9.17, 15) is 9.59 Å². The van der Waals surface area contributed by atoms with E-state index < -0.39 is 11.9 Å². The number of primary amides is 1. The zero-order chi connectivity index (χ0) is 19.4. The van der Waals surface area contributed by atoms with Crippen LogP contribution >= 0.6 is 0 Å². The number of carbonyl (C=O) groups is 2. The number of rotatable bonds is 6. The maximum absolute atomic E-state index is 12.3. The van der Waals surface area contributed by atoms with Crippen molar-refractivity contribution in [3.63, 3.8) is 0 Å². The summed E-state index contributed by atoms with van der Waals surface area (Å²) in [4.78, 5) is 28.3. The average molecular weight is 367 g/mol. The molecule has 0 spiro atoms. The van der Waals surface area contributed by atoms with Gasteiger partial charge in [0.25, 0.3) is 0 Å². The Morgan fingerprint density at radius 2 is 1.85 bits per heavy atom. The third-order valence-corrected chi connectivity index (χ3v) is 5.73. The van der Waals surface area contributed by atoms with Gasteiger partial charge in [0, 0.05) is 18.0 Å². The average Bonchev–Trinajstić information content (AvgIpc) is 2.66. The molecule has 144 valence electrons. The lowest BCUT2D eigenvalue weighted by molar-refractivity contribution is -0.129. The van der Waals surface area contributed by atoms with Crippen LogP contribution in [0.2, 0.25) is 0 Å². The summed E-state index contributed by atoms with van der Waals surface area (Å²) in [5.41, 5.74) is 7.80. The van der Waals surface area contributed by atoms with Gasteiger partial charge in [0.2, 0.25) is 11.8 Å². The summed E-state index contributed by atoms with van der Waals surface area (Å²) >= 11 is 0. The summed E-state index contributed by atoms with van der Waals surface area (Å²) in [6.07, 6.45) is 6.58. The second kappa shape index (κ2) is 8.51. The van der Waals surface area contributed by atoms with E-state index in [0.29, 0.717) is 18.3 Å². The van der Waals surface area contributed by atoms with Gasteiger partial charge in [0.05, 0.1) is 5.52 Å². The molecule has 1 aromatic heterocycles. The fraction of sp³-hybridized carbons (Fsp3) is 0.500. The lowest BCUT2D eigenvalue weighted by Crippen LogP contribution is -2.48. The number of amides is 2. The number of carbonyl (C=O) groups excluding carboxylic acids is 2. The van der Waals surface area contributed by atoms with Crippen molar-refractivity contribution in [2.45, 2.75) is 57.9 Å². The van der Waals surface area contributed by atoms with Crippen LogP contribution < -0.4 is 11.1 Å². The summed E-state index contributed by atoms with van der Waals surface area (Å²) in [6, 6.07) is 9.83. The smallest absolute Gasteiger partial charge is 0.240 e. The van der Waals surface area contributed by atoms with Gasteiger partial charge in [-0.15, -0.1) is 0 Å². The van der Waals surface area contributed by atoms with Crippen LogP contribution in [0.25, 0.3) is 10.9 Å². The first-order chi connectivity index (χ1) is 13.0. The van der Waals surface area contributed by atoms with Gasteiger partial charge in [0.1, 0.15) is 6.04 Å². The second-order valence-electron chi connectivity index (χ2n) is 8.03. The summed E-state index contributed by atoms with van der Waals surface area (Å²) in [7, 11) is 0. The Morgan fingerprint density at radius 3 is 2.52 bits per heavy atom. The summed E-state index contributed by atoms with van der Waals surface area (Å²) in [5, 5.41) is 4.05. The maximum Gasteiger partial charge on any atom is 0.240 e. The van der Waals surface area contributed by atoms with E-state index >= 15 is 0 Å². The molecular formula is C22H29N3O2. The molecule has 1 atom stereocenters. The van der Waals surface area contributed by atoms with Crippen LogP contribution in [0.3, 0.4) is 0 Å². The summed E-state index contributed by atoms with van der Waals surface area (Å²) in [5.74, 6) is 0.361. The van der Waals surface area contributed by atoms with Crippen molar-refractivity contribution in [2.24, 2.45) is 17.6 Å². The van der Waals surface area contributed by atoms with Crippen molar-refractivity contribution in [1.82, 2.24) is 10.3 Å². The maximum atomic E-state index is 12.3. The van der Waals surface area contributed by atoms with Gasteiger partial charge in [-0.2, -0.15) is 0 Å². The zero-order valence-corrected chi connectivity index (χ0v) is 16.2.